The van der Waals surface area contributed by atoms with E-state index in [-0.39, 0.29) is 6.10 Å². The van der Waals surface area contributed by atoms with Crippen LogP contribution in [0.25, 0.3) is 0 Å². The Morgan fingerprint density at radius 1 is 1.57 bits per heavy atom. The smallest absolute Gasteiger partial charge is 0.0900 e. The van der Waals surface area contributed by atoms with E-state index in [2.05, 4.69) is 11.8 Å². The van der Waals surface area contributed by atoms with Crippen molar-refractivity contribution in [2.75, 3.05) is 32.8 Å². The first-order valence-electron chi connectivity index (χ1n) is 5.70. The SMILES string of the molecule is CCOCC(O)CN1CCCC(C)C1. The first-order valence-corrected chi connectivity index (χ1v) is 5.70. The number of ether oxygens (including phenoxy) is 1. The third-order valence-corrected chi connectivity index (χ3v) is 2.72. The summed E-state index contributed by atoms with van der Waals surface area (Å²) >= 11 is 0. The molecule has 3 nitrogen and oxygen atoms in total. The summed E-state index contributed by atoms with van der Waals surface area (Å²) in [6, 6.07) is 0. The minimum atomic E-state index is -0.319. The molecule has 0 aromatic heterocycles. The van der Waals surface area contributed by atoms with Gasteiger partial charge in [-0.15, -0.1) is 0 Å². The number of nitrogens with zero attached hydrogens (tertiary/aromatic N) is 1. The van der Waals surface area contributed by atoms with Crippen LogP contribution in [0.3, 0.4) is 0 Å². The molecule has 0 aliphatic carbocycles. The number of hydrogen-bond donors (Lipinski definition) is 1. The summed E-state index contributed by atoms with van der Waals surface area (Å²) in [5.41, 5.74) is 0. The molecule has 0 spiro atoms. The standard InChI is InChI=1S/C11H23NO2/c1-3-14-9-11(13)8-12-6-4-5-10(2)7-12/h10-11,13H,3-9H2,1-2H3. The van der Waals surface area contributed by atoms with E-state index in [1.54, 1.807) is 0 Å². The fourth-order valence-electron chi connectivity index (χ4n) is 2.06. The minimum Gasteiger partial charge on any atom is -0.389 e. The summed E-state index contributed by atoms with van der Waals surface area (Å²) in [5, 5.41) is 9.65. The summed E-state index contributed by atoms with van der Waals surface area (Å²) in [6.45, 7) is 8.42. The molecule has 0 amide bonds. The highest BCUT2D eigenvalue weighted by molar-refractivity contribution is 4.72. The molecule has 0 saturated carbocycles. The maximum Gasteiger partial charge on any atom is 0.0900 e. The van der Waals surface area contributed by atoms with Gasteiger partial charge in [0.1, 0.15) is 0 Å². The fraction of sp³-hybridized carbons (Fsp3) is 1.00. The number of aliphatic hydroxyl groups excluding tert-OH is 1. The van der Waals surface area contributed by atoms with Gasteiger partial charge in [-0.2, -0.15) is 0 Å². The molecule has 2 atom stereocenters. The van der Waals surface area contributed by atoms with E-state index < -0.39 is 0 Å². The average molecular weight is 201 g/mol. The quantitative estimate of drug-likeness (QED) is 0.723. The molecule has 84 valence electrons. The Kier molecular flexibility index (Phi) is 5.45. The van der Waals surface area contributed by atoms with Gasteiger partial charge in [0, 0.05) is 19.7 Å². The molecule has 1 heterocycles. The Morgan fingerprint density at radius 2 is 2.36 bits per heavy atom. The van der Waals surface area contributed by atoms with Crippen LogP contribution in [0.15, 0.2) is 0 Å². The molecule has 1 rings (SSSR count). The molecular formula is C11H23NO2. The highest BCUT2D eigenvalue weighted by Gasteiger charge is 2.18. The second-order valence-electron chi connectivity index (χ2n) is 4.32. The van der Waals surface area contributed by atoms with Gasteiger partial charge in [-0.25, -0.2) is 0 Å². The first kappa shape index (κ1) is 12.0. The number of rotatable bonds is 5. The third kappa shape index (κ3) is 4.40. The van der Waals surface area contributed by atoms with Crippen molar-refractivity contribution < 1.29 is 9.84 Å². The lowest BCUT2D eigenvalue weighted by atomic mass is 10.0. The van der Waals surface area contributed by atoms with Crippen molar-refractivity contribution in [1.82, 2.24) is 4.90 Å². The van der Waals surface area contributed by atoms with Crippen molar-refractivity contribution in [3.63, 3.8) is 0 Å². The molecule has 0 aromatic carbocycles. The van der Waals surface area contributed by atoms with E-state index in [4.69, 9.17) is 4.74 Å². The van der Waals surface area contributed by atoms with Gasteiger partial charge >= 0.3 is 0 Å². The van der Waals surface area contributed by atoms with Crippen molar-refractivity contribution >= 4 is 0 Å². The van der Waals surface area contributed by atoms with E-state index in [0.29, 0.717) is 13.2 Å². The second kappa shape index (κ2) is 6.38. The van der Waals surface area contributed by atoms with Gasteiger partial charge in [-0.05, 0) is 32.2 Å². The van der Waals surface area contributed by atoms with Crippen LogP contribution >= 0.6 is 0 Å². The second-order valence-corrected chi connectivity index (χ2v) is 4.32. The fourth-order valence-corrected chi connectivity index (χ4v) is 2.06. The van der Waals surface area contributed by atoms with Crippen LogP contribution in [0.4, 0.5) is 0 Å². The van der Waals surface area contributed by atoms with E-state index >= 15 is 0 Å². The highest BCUT2D eigenvalue weighted by Crippen LogP contribution is 2.15. The van der Waals surface area contributed by atoms with E-state index in [1.807, 2.05) is 6.92 Å². The lowest BCUT2D eigenvalue weighted by molar-refractivity contribution is 0.0138. The maximum absolute atomic E-state index is 9.65. The topological polar surface area (TPSA) is 32.7 Å². The van der Waals surface area contributed by atoms with Gasteiger partial charge < -0.3 is 14.7 Å². The molecule has 1 aliphatic heterocycles. The zero-order chi connectivity index (χ0) is 10.4. The molecule has 1 aliphatic rings. The summed E-state index contributed by atoms with van der Waals surface area (Å²) in [5.74, 6) is 0.781. The molecule has 0 radical (unpaired) electrons. The van der Waals surface area contributed by atoms with Crippen LogP contribution in [0.1, 0.15) is 26.7 Å². The number of hydrogen-bond acceptors (Lipinski definition) is 3. The monoisotopic (exact) mass is 201 g/mol. The van der Waals surface area contributed by atoms with Crippen LogP contribution in [-0.2, 0) is 4.74 Å². The molecule has 3 heteroatoms. The number of β-amino-alcohol motifs (C(OH)–C–C–N with tert-alkyl or cyclic N) is 1. The van der Waals surface area contributed by atoms with Crippen molar-refractivity contribution in [2.45, 2.75) is 32.8 Å². The zero-order valence-corrected chi connectivity index (χ0v) is 9.41. The Labute approximate surface area is 87.1 Å². The molecule has 1 N–H and O–H groups in total. The van der Waals surface area contributed by atoms with Crippen LogP contribution < -0.4 is 0 Å². The Balaban J connectivity index is 2.15. The van der Waals surface area contributed by atoms with Gasteiger partial charge in [0.25, 0.3) is 0 Å². The molecule has 14 heavy (non-hydrogen) atoms. The summed E-state index contributed by atoms with van der Waals surface area (Å²) in [6.07, 6.45) is 2.28. The number of aliphatic hydroxyl groups is 1. The molecule has 0 aromatic rings. The van der Waals surface area contributed by atoms with Gasteiger partial charge in [0.05, 0.1) is 12.7 Å². The maximum atomic E-state index is 9.65. The molecule has 0 bridgehead atoms. The summed E-state index contributed by atoms with van der Waals surface area (Å²) in [7, 11) is 0. The van der Waals surface area contributed by atoms with Crippen molar-refractivity contribution in [1.29, 1.82) is 0 Å². The van der Waals surface area contributed by atoms with Crippen molar-refractivity contribution in [3.05, 3.63) is 0 Å². The highest BCUT2D eigenvalue weighted by atomic mass is 16.5. The molecule has 2 unspecified atom stereocenters. The third-order valence-electron chi connectivity index (χ3n) is 2.72. The zero-order valence-electron chi connectivity index (χ0n) is 9.41. The lowest BCUT2D eigenvalue weighted by Gasteiger charge is -2.32. The normalized spacial score (nSPS) is 26.4. The van der Waals surface area contributed by atoms with E-state index in [0.717, 1.165) is 25.6 Å². The van der Waals surface area contributed by atoms with Gasteiger partial charge in [0.15, 0.2) is 0 Å². The van der Waals surface area contributed by atoms with Gasteiger partial charge in [-0.3, -0.25) is 0 Å². The van der Waals surface area contributed by atoms with Crippen LogP contribution in [0.2, 0.25) is 0 Å². The Morgan fingerprint density at radius 3 is 3.00 bits per heavy atom. The minimum absolute atomic E-state index is 0.319. The lowest BCUT2D eigenvalue weighted by Crippen LogP contribution is -2.40. The summed E-state index contributed by atoms with van der Waals surface area (Å²) in [4.78, 5) is 2.35. The molecular weight excluding hydrogens is 178 g/mol. The Bertz CT molecular complexity index is 152. The van der Waals surface area contributed by atoms with Crippen LogP contribution in [0, 0.1) is 5.92 Å². The largest absolute Gasteiger partial charge is 0.389 e. The number of piperidine rings is 1. The van der Waals surface area contributed by atoms with Crippen LogP contribution in [0.5, 0.6) is 0 Å². The van der Waals surface area contributed by atoms with E-state index in [9.17, 15) is 5.11 Å². The van der Waals surface area contributed by atoms with Crippen LogP contribution in [-0.4, -0.2) is 49.0 Å². The van der Waals surface area contributed by atoms with E-state index in [1.165, 1.54) is 12.8 Å². The number of likely N-dealkylation sites (tertiary alicyclic amines) is 1. The first-order chi connectivity index (χ1) is 6.72. The predicted molar refractivity (Wildman–Crippen MR) is 57.3 cm³/mol. The molecule has 1 saturated heterocycles. The average Bonchev–Trinajstić information content (AvgIpc) is 2.15. The molecule has 1 fully saturated rings. The van der Waals surface area contributed by atoms with Crippen molar-refractivity contribution in [2.24, 2.45) is 5.92 Å². The van der Waals surface area contributed by atoms with Gasteiger partial charge in [0.2, 0.25) is 0 Å². The Hall–Kier alpha value is -0.120. The summed E-state index contributed by atoms with van der Waals surface area (Å²) < 4.78 is 5.19. The predicted octanol–water partition coefficient (Wildman–Crippen LogP) is 1.12. The van der Waals surface area contributed by atoms with Crippen molar-refractivity contribution in [3.8, 4) is 0 Å². The van der Waals surface area contributed by atoms with Gasteiger partial charge in [-0.1, -0.05) is 6.92 Å².